The van der Waals surface area contributed by atoms with Crippen molar-refractivity contribution in [3.8, 4) is 5.69 Å². The number of para-hydroxylation sites is 2. The van der Waals surface area contributed by atoms with Gasteiger partial charge in [-0.05, 0) is 30.3 Å². The normalized spacial score (nSPS) is 10.8. The van der Waals surface area contributed by atoms with Crippen LogP contribution in [0.2, 0.25) is 0 Å². The highest BCUT2D eigenvalue weighted by Gasteiger charge is 2.24. The summed E-state index contributed by atoms with van der Waals surface area (Å²) in [5, 5.41) is 5.31. The monoisotopic (exact) mass is 405 g/mol. The summed E-state index contributed by atoms with van der Waals surface area (Å²) >= 11 is 1.26. The number of aromatic nitrogens is 1. The number of hydrogen-bond acceptors (Lipinski definition) is 5. The van der Waals surface area contributed by atoms with Gasteiger partial charge in [0.2, 0.25) is 0 Å². The summed E-state index contributed by atoms with van der Waals surface area (Å²) in [5.41, 5.74) is 2.08. The molecule has 0 saturated carbocycles. The quantitative estimate of drug-likeness (QED) is 0.499. The molecule has 2 aromatic carbocycles. The molecule has 7 heteroatoms. The molecule has 0 atom stereocenters. The van der Waals surface area contributed by atoms with E-state index in [0.717, 1.165) is 16.8 Å². The maximum absolute atomic E-state index is 13.0. The molecule has 1 amide bonds. The molecule has 0 radical (unpaired) electrons. The Morgan fingerprint density at radius 3 is 2.31 bits per heavy atom. The molecule has 146 valence electrons. The van der Waals surface area contributed by atoms with Gasteiger partial charge in [0.15, 0.2) is 0 Å². The van der Waals surface area contributed by atoms with Crippen molar-refractivity contribution in [2.24, 2.45) is 0 Å². The minimum atomic E-state index is -0.292. The molecule has 0 fully saturated rings. The van der Waals surface area contributed by atoms with Crippen LogP contribution >= 0.6 is 11.3 Å². The highest BCUT2D eigenvalue weighted by Crippen LogP contribution is 2.38. The minimum Gasteiger partial charge on any atom is -0.354 e. The first kappa shape index (κ1) is 18.9. The number of thiophene rings is 1. The molecular formula is C22H19N3O3S. The molecule has 0 saturated heterocycles. The Bertz CT molecular complexity index is 1220. The van der Waals surface area contributed by atoms with E-state index in [9.17, 15) is 9.59 Å². The number of rotatable bonds is 5. The number of amides is 1. The second kappa shape index (κ2) is 7.90. The van der Waals surface area contributed by atoms with Crippen LogP contribution < -0.4 is 10.9 Å². The first-order chi connectivity index (χ1) is 14.1. The molecule has 29 heavy (non-hydrogen) atoms. The highest BCUT2D eigenvalue weighted by molar-refractivity contribution is 7.21. The van der Waals surface area contributed by atoms with E-state index in [-0.39, 0.29) is 11.5 Å². The Labute approximate surface area is 171 Å². The maximum atomic E-state index is 13.0. The summed E-state index contributed by atoms with van der Waals surface area (Å²) in [4.78, 5) is 31.9. The molecular weight excluding hydrogens is 386 g/mol. The predicted octanol–water partition coefficient (Wildman–Crippen LogP) is 4.43. The molecule has 4 aromatic rings. The van der Waals surface area contributed by atoms with Crippen molar-refractivity contribution in [2.45, 2.75) is 0 Å². The SMILES string of the molecule is CON(C)C(=O)c1sc2c(ccc(=O)n2-c2ccccc2)c1Nc1ccccc1. The van der Waals surface area contributed by atoms with Crippen LogP contribution in [0.1, 0.15) is 9.67 Å². The van der Waals surface area contributed by atoms with E-state index in [1.165, 1.54) is 29.6 Å². The second-order valence-electron chi connectivity index (χ2n) is 6.34. The molecule has 0 spiro atoms. The van der Waals surface area contributed by atoms with Crippen LogP contribution in [0.5, 0.6) is 0 Å². The number of nitrogens with zero attached hydrogens (tertiary/aromatic N) is 2. The Hall–Kier alpha value is -3.42. The minimum absolute atomic E-state index is 0.157. The fourth-order valence-corrected chi connectivity index (χ4v) is 4.31. The Balaban J connectivity index is 1.98. The lowest BCUT2D eigenvalue weighted by atomic mass is 10.2. The molecule has 4 rings (SSSR count). The maximum Gasteiger partial charge on any atom is 0.289 e. The van der Waals surface area contributed by atoms with Gasteiger partial charge >= 0.3 is 0 Å². The molecule has 1 N–H and O–H groups in total. The van der Waals surface area contributed by atoms with Crippen LogP contribution in [-0.4, -0.2) is 29.7 Å². The number of anilines is 2. The molecule has 0 unspecified atom stereocenters. The number of fused-ring (bicyclic) bond motifs is 1. The molecule has 0 bridgehead atoms. The molecule has 6 nitrogen and oxygen atoms in total. The fraction of sp³-hybridized carbons (Fsp3) is 0.0909. The first-order valence-corrected chi connectivity index (χ1v) is 9.80. The van der Waals surface area contributed by atoms with Crippen LogP contribution in [0.4, 0.5) is 11.4 Å². The van der Waals surface area contributed by atoms with Gasteiger partial charge in [-0.3, -0.25) is 19.0 Å². The molecule has 0 aliphatic heterocycles. The summed E-state index contributed by atoms with van der Waals surface area (Å²) in [6, 6.07) is 22.3. The van der Waals surface area contributed by atoms with Gasteiger partial charge in [-0.2, -0.15) is 0 Å². The van der Waals surface area contributed by atoms with Crippen molar-refractivity contribution in [2.75, 3.05) is 19.5 Å². The third kappa shape index (κ3) is 3.53. The smallest absolute Gasteiger partial charge is 0.289 e. The van der Waals surface area contributed by atoms with Crippen LogP contribution in [0.25, 0.3) is 15.9 Å². The zero-order valence-electron chi connectivity index (χ0n) is 16.0. The second-order valence-corrected chi connectivity index (χ2v) is 7.34. The van der Waals surface area contributed by atoms with E-state index in [1.54, 1.807) is 17.7 Å². The lowest BCUT2D eigenvalue weighted by Gasteiger charge is -2.14. The average molecular weight is 405 g/mol. The van der Waals surface area contributed by atoms with E-state index in [4.69, 9.17) is 4.84 Å². The van der Waals surface area contributed by atoms with Crippen molar-refractivity contribution < 1.29 is 9.63 Å². The Kier molecular flexibility index (Phi) is 5.16. The van der Waals surface area contributed by atoms with E-state index in [0.29, 0.717) is 15.4 Å². The lowest BCUT2D eigenvalue weighted by molar-refractivity contribution is -0.0753. The van der Waals surface area contributed by atoms with E-state index >= 15 is 0 Å². The predicted molar refractivity (Wildman–Crippen MR) is 116 cm³/mol. The van der Waals surface area contributed by atoms with Crippen LogP contribution in [0.15, 0.2) is 77.6 Å². The Morgan fingerprint density at radius 2 is 1.66 bits per heavy atom. The number of nitrogens with one attached hydrogen (secondary N) is 1. The zero-order chi connectivity index (χ0) is 20.4. The van der Waals surface area contributed by atoms with Gasteiger partial charge in [0, 0.05) is 24.2 Å². The van der Waals surface area contributed by atoms with Gasteiger partial charge in [-0.15, -0.1) is 11.3 Å². The molecule has 2 heterocycles. The van der Waals surface area contributed by atoms with Gasteiger partial charge in [0.05, 0.1) is 18.5 Å². The summed E-state index contributed by atoms with van der Waals surface area (Å²) in [6.07, 6.45) is 0. The van der Waals surface area contributed by atoms with Crippen molar-refractivity contribution in [1.29, 1.82) is 0 Å². The van der Waals surface area contributed by atoms with Gasteiger partial charge in [0.25, 0.3) is 11.5 Å². The van der Waals surface area contributed by atoms with E-state index < -0.39 is 0 Å². The standard InChI is InChI=1S/C22H19N3O3S/c1-24(28-2)21(27)20-19(23-15-9-5-3-6-10-15)17-13-14-18(26)25(22(17)29-20)16-11-7-4-8-12-16/h3-14,23H,1-2H3. The van der Waals surface area contributed by atoms with Crippen molar-refractivity contribution >= 4 is 38.8 Å². The van der Waals surface area contributed by atoms with Gasteiger partial charge in [-0.25, -0.2) is 5.06 Å². The largest absolute Gasteiger partial charge is 0.354 e. The first-order valence-electron chi connectivity index (χ1n) is 8.98. The fourth-order valence-electron chi connectivity index (χ4n) is 3.07. The average Bonchev–Trinajstić information content (AvgIpc) is 3.12. The summed E-state index contributed by atoms with van der Waals surface area (Å²) in [6.45, 7) is 0. The highest BCUT2D eigenvalue weighted by atomic mass is 32.1. The van der Waals surface area contributed by atoms with Gasteiger partial charge in [-0.1, -0.05) is 36.4 Å². The molecule has 0 aliphatic rings. The zero-order valence-corrected chi connectivity index (χ0v) is 16.8. The topological polar surface area (TPSA) is 63.6 Å². The summed E-state index contributed by atoms with van der Waals surface area (Å²) in [5.74, 6) is -0.292. The number of carbonyl (C=O) groups is 1. The number of hydrogen-bond donors (Lipinski definition) is 1. The number of benzene rings is 2. The summed E-state index contributed by atoms with van der Waals surface area (Å²) in [7, 11) is 3.00. The Morgan fingerprint density at radius 1 is 1.00 bits per heavy atom. The van der Waals surface area contributed by atoms with Gasteiger partial charge in [0.1, 0.15) is 9.71 Å². The molecule has 2 aromatic heterocycles. The molecule has 0 aliphatic carbocycles. The van der Waals surface area contributed by atoms with Crippen molar-refractivity contribution in [1.82, 2.24) is 9.63 Å². The third-order valence-electron chi connectivity index (χ3n) is 4.55. The third-order valence-corrected chi connectivity index (χ3v) is 5.73. The number of pyridine rings is 1. The summed E-state index contributed by atoms with van der Waals surface area (Å²) < 4.78 is 1.62. The van der Waals surface area contributed by atoms with Crippen molar-refractivity contribution in [3.05, 3.63) is 88.0 Å². The lowest BCUT2D eigenvalue weighted by Crippen LogP contribution is -2.25. The van der Waals surface area contributed by atoms with E-state index in [1.807, 2.05) is 60.7 Å². The van der Waals surface area contributed by atoms with Gasteiger partial charge < -0.3 is 5.32 Å². The van der Waals surface area contributed by atoms with E-state index in [2.05, 4.69) is 5.32 Å². The van der Waals surface area contributed by atoms with Crippen molar-refractivity contribution in [3.63, 3.8) is 0 Å². The number of hydroxylamine groups is 2. The van der Waals surface area contributed by atoms with Crippen LogP contribution in [0.3, 0.4) is 0 Å². The van der Waals surface area contributed by atoms with Crippen LogP contribution in [0, 0.1) is 0 Å². The number of carbonyl (C=O) groups excluding carboxylic acids is 1. The van der Waals surface area contributed by atoms with Crippen LogP contribution in [-0.2, 0) is 4.84 Å².